The predicted octanol–water partition coefficient (Wildman–Crippen LogP) is 2.44. The first kappa shape index (κ1) is 17.2. The van der Waals surface area contributed by atoms with E-state index in [1.807, 2.05) is 0 Å². The molecule has 1 heterocycles. The molecule has 8 nitrogen and oxygen atoms in total. The van der Waals surface area contributed by atoms with Crippen molar-refractivity contribution in [1.82, 2.24) is 0 Å². The highest BCUT2D eigenvalue weighted by Gasteiger charge is 2.15. The highest BCUT2D eigenvalue weighted by molar-refractivity contribution is 7.39. The summed E-state index contributed by atoms with van der Waals surface area (Å²) in [6.45, 7) is -0.445. The van der Waals surface area contributed by atoms with Crippen LogP contribution in [0.2, 0.25) is 0 Å². The van der Waals surface area contributed by atoms with Crippen LogP contribution in [0.15, 0.2) is 51.9 Å². The average Bonchev–Trinajstić information content (AvgIpc) is 2.55. The van der Waals surface area contributed by atoms with Crippen LogP contribution in [0.3, 0.4) is 0 Å². The summed E-state index contributed by atoms with van der Waals surface area (Å²) in [5, 5.41) is 19.4. The molecule has 3 rings (SSSR count). The van der Waals surface area contributed by atoms with Gasteiger partial charge in [-0.3, -0.25) is 9.32 Å². The molecule has 0 fully saturated rings. The summed E-state index contributed by atoms with van der Waals surface area (Å²) in [6.07, 6.45) is 1.25. The molecular weight excluding hydrogens is 351 g/mol. The van der Waals surface area contributed by atoms with Gasteiger partial charge in [0.1, 0.15) is 34.5 Å². The van der Waals surface area contributed by atoms with E-state index in [1.54, 1.807) is 12.1 Å². The van der Waals surface area contributed by atoms with Gasteiger partial charge in [-0.15, -0.1) is 0 Å². The fourth-order valence-corrected chi connectivity index (χ4v) is 2.42. The summed E-state index contributed by atoms with van der Waals surface area (Å²) in [7, 11) is -2.56. The van der Waals surface area contributed by atoms with Gasteiger partial charge < -0.3 is 29.2 Å². The van der Waals surface area contributed by atoms with Crippen molar-refractivity contribution in [3.05, 3.63) is 52.9 Å². The minimum Gasteiger partial charge on any atom is -0.508 e. The molecular formula is C16H13O8P. The summed E-state index contributed by atoms with van der Waals surface area (Å²) >= 11 is 0. The number of hydrogen-bond acceptors (Lipinski definition) is 8. The van der Waals surface area contributed by atoms with Gasteiger partial charge in [0.15, 0.2) is 6.79 Å². The van der Waals surface area contributed by atoms with Crippen molar-refractivity contribution >= 4 is 19.6 Å². The number of fused-ring (bicyclic) bond motifs is 1. The van der Waals surface area contributed by atoms with Gasteiger partial charge in [0.2, 0.25) is 5.43 Å². The van der Waals surface area contributed by atoms with Gasteiger partial charge >= 0.3 is 8.60 Å². The van der Waals surface area contributed by atoms with E-state index in [0.717, 1.165) is 0 Å². The van der Waals surface area contributed by atoms with E-state index in [2.05, 4.69) is 4.52 Å². The third kappa shape index (κ3) is 3.72. The SMILES string of the molecule is O=c1c(-c2ccc(O)cc2)coc2cc(OCOP(O)O)cc(O)c12. The van der Waals surface area contributed by atoms with Crippen LogP contribution < -0.4 is 10.2 Å². The first-order valence-corrected chi connectivity index (χ1v) is 8.14. The number of phenolic OH excluding ortho intramolecular Hbond substituents is 2. The number of rotatable bonds is 5. The topological polar surface area (TPSA) is 130 Å². The molecule has 0 spiro atoms. The maximum Gasteiger partial charge on any atom is 0.330 e. The van der Waals surface area contributed by atoms with E-state index in [-0.39, 0.29) is 33.8 Å². The Hall–Kier alpha value is -2.64. The molecule has 25 heavy (non-hydrogen) atoms. The van der Waals surface area contributed by atoms with Crippen LogP contribution >= 0.6 is 8.60 Å². The van der Waals surface area contributed by atoms with E-state index in [4.69, 9.17) is 18.9 Å². The molecule has 2 aromatic carbocycles. The molecule has 0 radical (unpaired) electrons. The first-order chi connectivity index (χ1) is 12.0. The zero-order valence-corrected chi connectivity index (χ0v) is 13.5. The Bertz CT molecular complexity index is 949. The number of aromatic hydroxyl groups is 2. The van der Waals surface area contributed by atoms with Crippen molar-refractivity contribution in [2.75, 3.05) is 6.79 Å². The zero-order chi connectivity index (χ0) is 18.0. The summed E-state index contributed by atoms with van der Waals surface area (Å²) in [5.41, 5.74) is 0.408. The van der Waals surface area contributed by atoms with Crippen molar-refractivity contribution < 1.29 is 33.7 Å². The lowest BCUT2D eigenvalue weighted by Gasteiger charge is -2.09. The molecule has 0 atom stereocenters. The van der Waals surface area contributed by atoms with Crippen molar-refractivity contribution in [3.63, 3.8) is 0 Å². The van der Waals surface area contributed by atoms with Gasteiger partial charge in [-0.1, -0.05) is 12.1 Å². The molecule has 0 bridgehead atoms. The Labute approximate surface area is 142 Å². The molecule has 1 aromatic heterocycles. The second-order valence-corrected chi connectivity index (χ2v) is 5.75. The predicted molar refractivity (Wildman–Crippen MR) is 89.2 cm³/mol. The Morgan fingerprint density at radius 1 is 1.08 bits per heavy atom. The summed E-state index contributed by atoms with van der Waals surface area (Å²) in [6, 6.07) is 8.56. The maximum atomic E-state index is 12.6. The van der Waals surface area contributed by atoms with Crippen molar-refractivity contribution in [3.8, 4) is 28.4 Å². The van der Waals surface area contributed by atoms with Crippen LogP contribution in [0.4, 0.5) is 0 Å². The smallest absolute Gasteiger partial charge is 0.330 e. The van der Waals surface area contributed by atoms with Gasteiger partial charge in [-0.25, -0.2) is 0 Å². The first-order valence-electron chi connectivity index (χ1n) is 6.97. The molecule has 4 N–H and O–H groups in total. The summed E-state index contributed by atoms with van der Waals surface area (Å²) < 4.78 is 15.0. The minimum absolute atomic E-state index is 0.0228. The Morgan fingerprint density at radius 3 is 2.48 bits per heavy atom. The Kier molecular flexibility index (Phi) is 4.87. The third-order valence-electron chi connectivity index (χ3n) is 3.40. The molecule has 0 saturated heterocycles. The van der Waals surface area contributed by atoms with Gasteiger partial charge in [0.25, 0.3) is 0 Å². The minimum atomic E-state index is -2.56. The fraction of sp³-hybridized carbons (Fsp3) is 0.0625. The van der Waals surface area contributed by atoms with E-state index < -0.39 is 20.8 Å². The molecule has 9 heteroatoms. The van der Waals surface area contributed by atoms with Gasteiger partial charge in [-0.05, 0) is 17.7 Å². The van der Waals surface area contributed by atoms with Crippen LogP contribution in [0.25, 0.3) is 22.1 Å². The summed E-state index contributed by atoms with van der Waals surface area (Å²) in [4.78, 5) is 29.9. The molecule has 0 aliphatic rings. The van der Waals surface area contributed by atoms with E-state index in [9.17, 15) is 15.0 Å². The fourth-order valence-electron chi connectivity index (χ4n) is 2.27. The quantitative estimate of drug-likeness (QED) is 0.401. The van der Waals surface area contributed by atoms with Crippen LogP contribution in [0, 0.1) is 0 Å². The van der Waals surface area contributed by atoms with Crippen molar-refractivity contribution in [2.24, 2.45) is 0 Å². The van der Waals surface area contributed by atoms with Crippen LogP contribution in [0.1, 0.15) is 0 Å². The average molecular weight is 364 g/mol. The lowest BCUT2D eigenvalue weighted by molar-refractivity contribution is 0.104. The molecule has 0 aliphatic heterocycles. The molecule has 0 aliphatic carbocycles. The van der Waals surface area contributed by atoms with Crippen molar-refractivity contribution in [1.29, 1.82) is 0 Å². The Morgan fingerprint density at radius 2 is 1.80 bits per heavy atom. The molecule has 0 unspecified atom stereocenters. The lowest BCUT2D eigenvalue weighted by atomic mass is 10.0. The maximum absolute atomic E-state index is 12.6. The molecule has 0 amide bonds. The number of hydrogen-bond donors (Lipinski definition) is 4. The number of ether oxygens (including phenoxy) is 1. The molecule has 0 saturated carbocycles. The monoisotopic (exact) mass is 364 g/mol. The molecule has 130 valence electrons. The summed E-state index contributed by atoms with van der Waals surface area (Å²) in [5.74, 6) is -0.158. The van der Waals surface area contributed by atoms with Crippen LogP contribution in [-0.4, -0.2) is 26.8 Å². The van der Waals surface area contributed by atoms with Gasteiger partial charge in [-0.2, -0.15) is 0 Å². The van der Waals surface area contributed by atoms with Gasteiger partial charge in [0.05, 0.1) is 5.56 Å². The second-order valence-electron chi connectivity index (χ2n) is 4.98. The van der Waals surface area contributed by atoms with Crippen LogP contribution in [0.5, 0.6) is 17.2 Å². The second kappa shape index (κ2) is 7.08. The van der Waals surface area contributed by atoms with Gasteiger partial charge in [0, 0.05) is 12.1 Å². The normalized spacial score (nSPS) is 11.2. The van der Waals surface area contributed by atoms with E-state index in [0.29, 0.717) is 5.56 Å². The van der Waals surface area contributed by atoms with Crippen LogP contribution in [-0.2, 0) is 4.52 Å². The molecule has 3 aromatic rings. The largest absolute Gasteiger partial charge is 0.508 e. The lowest BCUT2D eigenvalue weighted by Crippen LogP contribution is -2.06. The van der Waals surface area contributed by atoms with Crippen molar-refractivity contribution in [2.45, 2.75) is 0 Å². The van der Waals surface area contributed by atoms with E-state index in [1.165, 1.54) is 30.5 Å². The number of phenols is 2. The van der Waals surface area contributed by atoms with E-state index >= 15 is 0 Å². The standard InChI is InChI=1S/C16H13O8P/c17-10-3-1-9(2-4-10)12-7-22-14-6-11(23-8-24-25(20)21)5-13(18)15(14)16(12)19/h1-7,17-18,20-21H,8H2. The zero-order valence-electron chi connectivity index (χ0n) is 12.6. The Balaban J connectivity index is 2.00. The third-order valence-corrected chi connectivity index (χ3v) is 3.74. The highest BCUT2D eigenvalue weighted by Crippen LogP contribution is 2.31. The number of benzene rings is 2. The highest BCUT2D eigenvalue weighted by atomic mass is 31.2.